The second kappa shape index (κ2) is 6.56. The van der Waals surface area contributed by atoms with Gasteiger partial charge in [0.15, 0.2) is 0 Å². The number of aromatic nitrogens is 1. The monoisotopic (exact) mass is 291 g/mol. The van der Waals surface area contributed by atoms with E-state index in [-0.39, 0.29) is 10.6 Å². The first-order valence-electron chi connectivity index (χ1n) is 6.40. The highest BCUT2D eigenvalue weighted by atomic mass is 32.2. The highest BCUT2D eigenvalue weighted by Crippen LogP contribution is 2.31. The van der Waals surface area contributed by atoms with Crippen LogP contribution in [0.15, 0.2) is 30.6 Å². The van der Waals surface area contributed by atoms with Crippen molar-refractivity contribution < 1.29 is 4.92 Å². The summed E-state index contributed by atoms with van der Waals surface area (Å²) in [6, 6.07) is 5.44. The number of non-ortho nitro benzene ring substituents is 1. The molecule has 2 rings (SSSR count). The highest BCUT2D eigenvalue weighted by Gasteiger charge is 2.15. The molecule has 0 bridgehead atoms. The summed E-state index contributed by atoms with van der Waals surface area (Å²) in [5.74, 6) is 1.08. The van der Waals surface area contributed by atoms with Crippen molar-refractivity contribution in [3.8, 4) is 0 Å². The molecule has 0 saturated heterocycles. The minimum atomic E-state index is -0.370. The minimum absolute atomic E-state index is 0.0930. The molecule has 0 amide bonds. The van der Waals surface area contributed by atoms with Crippen molar-refractivity contribution in [3.63, 3.8) is 0 Å². The number of nitrogens with one attached hydrogen (secondary N) is 1. The molecule has 0 radical (unpaired) electrons. The molecular weight excluding hydrogens is 274 g/mol. The Labute approximate surface area is 121 Å². The van der Waals surface area contributed by atoms with Gasteiger partial charge in [0.05, 0.1) is 10.3 Å². The van der Waals surface area contributed by atoms with E-state index in [1.165, 1.54) is 6.07 Å². The van der Waals surface area contributed by atoms with Crippen LogP contribution in [0, 0.1) is 10.1 Å². The molecule has 0 aliphatic carbocycles. The summed E-state index contributed by atoms with van der Waals surface area (Å²) in [5, 5.41) is 15.9. The molecule has 1 atom stereocenters. The van der Waals surface area contributed by atoms with Crippen LogP contribution < -0.4 is 5.32 Å². The number of nitro groups is 1. The van der Waals surface area contributed by atoms with E-state index in [0.717, 1.165) is 23.2 Å². The lowest BCUT2D eigenvalue weighted by Crippen LogP contribution is -2.16. The molecule has 2 aromatic rings. The Morgan fingerprint density at radius 3 is 2.90 bits per heavy atom. The molecule has 0 saturated carbocycles. The van der Waals surface area contributed by atoms with Gasteiger partial charge >= 0.3 is 0 Å². The third kappa shape index (κ3) is 3.19. The van der Waals surface area contributed by atoms with E-state index in [4.69, 9.17) is 0 Å². The third-order valence-electron chi connectivity index (χ3n) is 3.15. The number of hydrogen-bond acceptors (Lipinski definition) is 5. The van der Waals surface area contributed by atoms with Gasteiger partial charge in [-0.1, -0.05) is 0 Å². The molecule has 1 aromatic heterocycles. The number of nitro benzene ring substituents is 1. The number of benzene rings is 1. The molecule has 0 spiro atoms. The van der Waals surface area contributed by atoms with E-state index in [1.54, 1.807) is 18.5 Å². The topological polar surface area (TPSA) is 68.1 Å². The summed E-state index contributed by atoms with van der Waals surface area (Å²) in [4.78, 5) is 14.7. The Morgan fingerprint density at radius 2 is 2.20 bits per heavy atom. The summed E-state index contributed by atoms with van der Waals surface area (Å²) in [6.07, 6.45) is 6.33. The Bertz CT molecular complexity index is 618. The fourth-order valence-corrected chi connectivity index (χ4v) is 2.68. The number of rotatable bonds is 6. The van der Waals surface area contributed by atoms with Crippen molar-refractivity contribution in [2.75, 3.05) is 17.3 Å². The Hall–Kier alpha value is -1.82. The van der Waals surface area contributed by atoms with Crippen molar-refractivity contribution in [2.24, 2.45) is 0 Å². The maximum Gasteiger partial charge on any atom is 0.278 e. The molecule has 0 fully saturated rings. The summed E-state index contributed by atoms with van der Waals surface area (Å²) >= 11 is 1.81. The van der Waals surface area contributed by atoms with E-state index in [9.17, 15) is 10.1 Å². The van der Waals surface area contributed by atoms with Gasteiger partial charge in [0.1, 0.15) is 0 Å². The summed E-state index contributed by atoms with van der Waals surface area (Å²) < 4.78 is 0. The van der Waals surface area contributed by atoms with Crippen LogP contribution in [-0.2, 0) is 0 Å². The van der Waals surface area contributed by atoms with Crippen molar-refractivity contribution >= 4 is 33.9 Å². The van der Waals surface area contributed by atoms with Crippen LogP contribution in [0.25, 0.3) is 10.8 Å². The molecular formula is C14H17N3O2S. The lowest BCUT2D eigenvalue weighted by molar-refractivity contribution is -0.383. The van der Waals surface area contributed by atoms with Crippen LogP contribution in [0.4, 0.5) is 11.4 Å². The molecule has 0 aliphatic heterocycles. The normalized spacial score (nSPS) is 12.3. The maximum absolute atomic E-state index is 11.0. The van der Waals surface area contributed by atoms with Gasteiger partial charge in [-0.2, -0.15) is 11.8 Å². The average Bonchev–Trinajstić information content (AvgIpc) is 2.45. The van der Waals surface area contributed by atoms with Gasteiger partial charge in [0, 0.05) is 35.6 Å². The van der Waals surface area contributed by atoms with Crippen molar-refractivity contribution in [1.29, 1.82) is 0 Å². The first-order valence-corrected chi connectivity index (χ1v) is 7.79. The predicted molar refractivity (Wildman–Crippen MR) is 84.5 cm³/mol. The molecule has 6 heteroatoms. The zero-order chi connectivity index (χ0) is 14.5. The van der Waals surface area contributed by atoms with Gasteiger partial charge in [0.2, 0.25) is 0 Å². The van der Waals surface area contributed by atoms with Gasteiger partial charge in [-0.15, -0.1) is 0 Å². The SMILES string of the molecule is CSCCC(C)Nc1ccc([N+](=O)[O-])c2cnccc12. The zero-order valence-electron chi connectivity index (χ0n) is 11.5. The van der Waals surface area contributed by atoms with Crippen LogP contribution in [-0.4, -0.2) is 28.0 Å². The van der Waals surface area contributed by atoms with E-state index >= 15 is 0 Å². The summed E-state index contributed by atoms with van der Waals surface area (Å²) in [7, 11) is 0. The first-order chi connectivity index (χ1) is 9.63. The number of hydrogen-bond donors (Lipinski definition) is 1. The predicted octanol–water partition coefficient (Wildman–Crippen LogP) is 3.70. The largest absolute Gasteiger partial charge is 0.382 e. The zero-order valence-corrected chi connectivity index (χ0v) is 12.3. The molecule has 1 aromatic carbocycles. The van der Waals surface area contributed by atoms with Gasteiger partial charge in [-0.3, -0.25) is 15.1 Å². The van der Waals surface area contributed by atoms with Crippen LogP contribution in [0.1, 0.15) is 13.3 Å². The quantitative estimate of drug-likeness (QED) is 0.649. The van der Waals surface area contributed by atoms with Gasteiger partial charge in [0.25, 0.3) is 5.69 Å². The van der Waals surface area contributed by atoms with Crippen molar-refractivity contribution in [3.05, 3.63) is 40.7 Å². The van der Waals surface area contributed by atoms with E-state index in [2.05, 4.69) is 23.5 Å². The van der Waals surface area contributed by atoms with Crippen LogP contribution in [0.2, 0.25) is 0 Å². The van der Waals surface area contributed by atoms with Crippen LogP contribution >= 0.6 is 11.8 Å². The highest BCUT2D eigenvalue weighted by molar-refractivity contribution is 7.98. The number of fused-ring (bicyclic) bond motifs is 1. The number of pyridine rings is 1. The van der Waals surface area contributed by atoms with E-state index < -0.39 is 0 Å². The summed E-state index contributed by atoms with van der Waals surface area (Å²) in [5.41, 5.74) is 1.01. The molecule has 5 nitrogen and oxygen atoms in total. The Balaban J connectivity index is 2.35. The fourth-order valence-electron chi connectivity index (χ4n) is 2.09. The molecule has 20 heavy (non-hydrogen) atoms. The first kappa shape index (κ1) is 14.6. The van der Waals surface area contributed by atoms with E-state index in [1.807, 2.05) is 17.8 Å². The third-order valence-corrected chi connectivity index (χ3v) is 3.79. The molecule has 1 unspecified atom stereocenters. The van der Waals surface area contributed by atoms with E-state index in [0.29, 0.717) is 11.4 Å². The number of anilines is 1. The molecule has 106 valence electrons. The molecule has 1 N–H and O–H groups in total. The lowest BCUT2D eigenvalue weighted by atomic mass is 10.1. The summed E-state index contributed by atoms with van der Waals surface area (Å²) in [6.45, 7) is 2.12. The van der Waals surface area contributed by atoms with Crippen LogP contribution in [0.3, 0.4) is 0 Å². The second-order valence-corrected chi connectivity index (χ2v) is 5.62. The van der Waals surface area contributed by atoms with Crippen molar-refractivity contribution in [2.45, 2.75) is 19.4 Å². The fraction of sp³-hybridized carbons (Fsp3) is 0.357. The van der Waals surface area contributed by atoms with Crippen molar-refractivity contribution in [1.82, 2.24) is 4.98 Å². The molecule has 1 heterocycles. The molecule has 0 aliphatic rings. The standard InChI is InChI=1S/C14H17N3O2S/c1-10(6-8-20-2)16-13-3-4-14(17(18)19)12-9-15-7-5-11(12)13/h3-5,7,9-10,16H,6,8H2,1-2H3. The maximum atomic E-state index is 11.0. The van der Waals surface area contributed by atoms with Gasteiger partial charge < -0.3 is 5.32 Å². The Morgan fingerprint density at radius 1 is 1.40 bits per heavy atom. The lowest BCUT2D eigenvalue weighted by Gasteiger charge is -2.16. The number of thioether (sulfide) groups is 1. The van der Waals surface area contributed by atoms with Gasteiger partial charge in [-0.05, 0) is 37.5 Å². The smallest absolute Gasteiger partial charge is 0.278 e. The minimum Gasteiger partial charge on any atom is -0.382 e. The van der Waals surface area contributed by atoms with Crippen LogP contribution in [0.5, 0.6) is 0 Å². The average molecular weight is 291 g/mol. The number of nitrogens with zero attached hydrogens (tertiary/aromatic N) is 2. The Kier molecular flexibility index (Phi) is 4.79. The second-order valence-electron chi connectivity index (χ2n) is 4.64. The van der Waals surface area contributed by atoms with Gasteiger partial charge in [-0.25, -0.2) is 0 Å².